The van der Waals surface area contributed by atoms with Gasteiger partial charge < -0.3 is 5.32 Å². The topological polar surface area (TPSA) is 35.8 Å². The first kappa shape index (κ1) is 16.5. The van der Waals surface area contributed by atoms with Crippen molar-refractivity contribution in [2.24, 2.45) is 11.3 Å². The number of nitrogens with zero attached hydrogens (tertiary/aromatic N) is 1. The van der Waals surface area contributed by atoms with E-state index in [-0.39, 0.29) is 5.41 Å². The summed E-state index contributed by atoms with van der Waals surface area (Å²) in [6.45, 7) is 7.51. The molecule has 1 aliphatic carbocycles. The van der Waals surface area contributed by atoms with E-state index < -0.39 is 0 Å². The van der Waals surface area contributed by atoms with E-state index in [2.05, 4.69) is 18.3 Å². The Morgan fingerprint density at radius 2 is 1.89 bits per heavy atom. The van der Waals surface area contributed by atoms with Gasteiger partial charge in [0, 0.05) is 6.04 Å². The predicted octanol–water partition coefficient (Wildman–Crippen LogP) is 4.65. The van der Waals surface area contributed by atoms with Crippen LogP contribution in [0.25, 0.3) is 0 Å². The van der Waals surface area contributed by atoms with Crippen LogP contribution in [0.2, 0.25) is 0 Å². The molecule has 0 heterocycles. The molecule has 0 aromatic rings. The lowest BCUT2D eigenvalue weighted by molar-refractivity contribution is 0.261. The average molecular weight is 264 g/mol. The lowest BCUT2D eigenvalue weighted by Gasteiger charge is -2.30. The van der Waals surface area contributed by atoms with Gasteiger partial charge in [-0.15, -0.1) is 0 Å². The molecule has 1 rings (SSSR count). The maximum Gasteiger partial charge on any atom is 0.0683 e. The van der Waals surface area contributed by atoms with Gasteiger partial charge in [-0.3, -0.25) is 0 Å². The van der Waals surface area contributed by atoms with E-state index in [0.717, 1.165) is 31.3 Å². The first-order chi connectivity index (χ1) is 9.09. The highest BCUT2D eigenvalue weighted by atomic mass is 14.9. The summed E-state index contributed by atoms with van der Waals surface area (Å²) in [5.74, 6) is 0.911. The van der Waals surface area contributed by atoms with Crippen LogP contribution in [0.4, 0.5) is 0 Å². The van der Waals surface area contributed by atoms with Gasteiger partial charge >= 0.3 is 0 Å². The van der Waals surface area contributed by atoms with Crippen LogP contribution in [0.3, 0.4) is 0 Å². The van der Waals surface area contributed by atoms with E-state index in [9.17, 15) is 0 Å². The molecule has 2 nitrogen and oxygen atoms in total. The van der Waals surface area contributed by atoms with E-state index in [1.165, 1.54) is 44.9 Å². The molecule has 0 aliphatic heterocycles. The molecule has 19 heavy (non-hydrogen) atoms. The summed E-state index contributed by atoms with van der Waals surface area (Å²) in [4.78, 5) is 0. The molecule has 0 bridgehead atoms. The van der Waals surface area contributed by atoms with Crippen molar-refractivity contribution in [3.8, 4) is 6.07 Å². The van der Waals surface area contributed by atoms with Crippen molar-refractivity contribution in [2.75, 3.05) is 6.54 Å². The minimum absolute atomic E-state index is 0.145. The van der Waals surface area contributed by atoms with Crippen LogP contribution in [0.5, 0.6) is 0 Å². The van der Waals surface area contributed by atoms with Crippen molar-refractivity contribution in [3.63, 3.8) is 0 Å². The monoisotopic (exact) mass is 264 g/mol. The molecule has 110 valence electrons. The molecule has 1 aliphatic rings. The van der Waals surface area contributed by atoms with Crippen LogP contribution in [0, 0.1) is 22.7 Å². The van der Waals surface area contributed by atoms with Gasteiger partial charge in [0.15, 0.2) is 0 Å². The molecule has 0 aromatic carbocycles. The Morgan fingerprint density at radius 1 is 1.21 bits per heavy atom. The zero-order valence-electron chi connectivity index (χ0n) is 13.2. The van der Waals surface area contributed by atoms with Crippen molar-refractivity contribution < 1.29 is 0 Å². The van der Waals surface area contributed by atoms with Crippen molar-refractivity contribution in [2.45, 2.75) is 84.6 Å². The Morgan fingerprint density at radius 3 is 2.47 bits per heavy atom. The van der Waals surface area contributed by atoms with Gasteiger partial charge in [-0.25, -0.2) is 0 Å². The van der Waals surface area contributed by atoms with E-state index in [0.29, 0.717) is 0 Å². The molecule has 0 spiro atoms. The molecule has 0 saturated heterocycles. The van der Waals surface area contributed by atoms with Crippen LogP contribution < -0.4 is 5.32 Å². The van der Waals surface area contributed by atoms with Gasteiger partial charge in [-0.2, -0.15) is 5.26 Å². The van der Waals surface area contributed by atoms with Crippen molar-refractivity contribution in [3.05, 3.63) is 0 Å². The summed E-state index contributed by atoms with van der Waals surface area (Å²) in [6.07, 6.45) is 11.8. The van der Waals surface area contributed by atoms with Crippen LogP contribution in [-0.2, 0) is 0 Å². The van der Waals surface area contributed by atoms with E-state index in [1.54, 1.807) is 0 Å². The Balaban J connectivity index is 2.14. The van der Waals surface area contributed by atoms with Gasteiger partial charge in [-0.05, 0) is 58.4 Å². The zero-order valence-corrected chi connectivity index (χ0v) is 13.2. The third-order valence-electron chi connectivity index (χ3n) is 4.60. The van der Waals surface area contributed by atoms with Crippen LogP contribution in [0.1, 0.15) is 78.6 Å². The highest BCUT2D eigenvalue weighted by Crippen LogP contribution is 2.27. The number of hydrogen-bond donors (Lipinski definition) is 1. The van der Waals surface area contributed by atoms with Crippen LogP contribution in [-0.4, -0.2) is 12.6 Å². The molecule has 1 fully saturated rings. The highest BCUT2D eigenvalue weighted by molar-refractivity contribution is 4.91. The molecule has 0 amide bonds. The van der Waals surface area contributed by atoms with E-state index in [4.69, 9.17) is 5.26 Å². The molecule has 1 N–H and O–H groups in total. The third-order valence-corrected chi connectivity index (χ3v) is 4.60. The Labute approximate surface area is 120 Å². The van der Waals surface area contributed by atoms with Crippen LogP contribution >= 0.6 is 0 Å². The Bertz CT molecular complexity index is 271. The molecular weight excluding hydrogens is 232 g/mol. The number of rotatable bonds is 8. The first-order valence-electron chi connectivity index (χ1n) is 8.23. The molecule has 0 aromatic heterocycles. The number of nitriles is 1. The van der Waals surface area contributed by atoms with Crippen molar-refractivity contribution in [1.82, 2.24) is 5.32 Å². The summed E-state index contributed by atoms with van der Waals surface area (Å²) in [5, 5.41) is 12.7. The van der Waals surface area contributed by atoms with Gasteiger partial charge in [0.05, 0.1) is 11.5 Å². The molecule has 1 unspecified atom stereocenters. The minimum Gasteiger partial charge on any atom is -0.314 e. The van der Waals surface area contributed by atoms with E-state index in [1.807, 2.05) is 13.8 Å². The second-order valence-corrected chi connectivity index (χ2v) is 6.82. The lowest BCUT2D eigenvalue weighted by atomic mass is 9.83. The predicted molar refractivity (Wildman–Crippen MR) is 81.9 cm³/mol. The quantitative estimate of drug-likeness (QED) is 0.647. The Hall–Kier alpha value is -0.550. The normalized spacial score (nSPS) is 19.1. The SMILES string of the molecule is CCC(NCCCCC(C)(C)C#N)C1CCCCC1. The summed E-state index contributed by atoms with van der Waals surface area (Å²) in [6, 6.07) is 3.11. The third kappa shape index (κ3) is 6.43. The Kier molecular flexibility index (Phi) is 7.46. The second-order valence-electron chi connectivity index (χ2n) is 6.82. The molecule has 2 heteroatoms. The van der Waals surface area contributed by atoms with Crippen molar-refractivity contribution >= 4 is 0 Å². The van der Waals surface area contributed by atoms with Gasteiger partial charge in [0.25, 0.3) is 0 Å². The maximum atomic E-state index is 8.98. The van der Waals surface area contributed by atoms with Gasteiger partial charge in [0.2, 0.25) is 0 Å². The average Bonchev–Trinajstić information content (AvgIpc) is 2.44. The number of nitrogens with one attached hydrogen (secondary N) is 1. The molecule has 1 atom stereocenters. The summed E-state index contributed by atoms with van der Waals surface area (Å²) in [5.41, 5.74) is -0.145. The standard InChI is InChI=1S/C17H32N2/c1-4-16(15-10-6-5-7-11-15)19-13-9-8-12-17(2,3)14-18/h15-16,19H,4-13H2,1-3H3. The molecule has 0 radical (unpaired) electrons. The van der Waals surface area contributed by atoms with Gasteiger partial charge in [-0.1, -0.05) is 32.6 Å². The summed E-state index contributed by atoms with van der Waals surface area (Å²) in [7, 11) is 0. The largest absolute Gasteiger partial charge is 0.314 e. The van der Waals surface area contributed by atoms with Gasteiger partial charge in [0.1, 0.15) is 0 Å². The number of hydrogen-bond acceptors (Lipinski definition) is 2. The summed E-state index contributed by atoms with van der Waals surface area (Å²) < 4.78 is 0. The smallest absolute Gasteiger partial charge is 0.0683 e. The molecular formula is C17H32N2. The summed E-state index contributed by atoms with van der Waals surface area (Å²) >= 11 is 0. The number of unbranched alkanes of at least 4 members (excludes halogenated alkanes) is 1. The fourth-order valence-corrected chi connectivity index (χ4v) is 3.22. The maximum absolute atomic E-state index is 8.98. The fourth-order valence-electron chi connectivity index (χ4n) is 3.22. The minimum atomic E-state index is -0.145. The second kappa shape index (κ2) is 8.59. The van der Waals surface area contributed by atoms with E-state index >= 15 is 0 Å². The molecule has 1 saturated carbocycles. The highest BCUT2D eigenvalue weighted by Gasteiger charge is 2.21. The zero-order chi connectivity index (χ0) is 14.1. The first-order valence-corrected chi connectivity index (χ1v) is 8.23. The van der Waals surface area contributed by atoms with Crippen LogP contribution in [0.15, 0.2) is 0 Å². The fraction of sp³-hybridized carbons (Fsp3) is 0.941. The lowest BCUT2D eigenvalue weighted by Crippen LogP contribution is -2.37. The van der Waals surface area contributed by atoms with Crippen molar-refractivity contribution in [1.29, 1.82) is 5.26 Å².